The van der Waals surface area contributed by atoms with Gasteiger partial charge in [-0.2, -0.15) is 0 Å². The first-order chi connectivity index (χ1) is 5.77. The fourth-order valence-electron chi connectivity index (χ4n) is 1.56. The van der Waals surface area contributed by atoms with Crippen LogP contribution < -0.4 is 0 Å². The first kappa shape index (κ1) is 7.40. The maximum Gasteiger partial charge on any atom is 0.114 e. The molecule has 0 aromatic carbocycles. The summed E-state index contributed by atoms with van der Waals surface area (Å²) in [5.41, 5.74) is 2.11. The Kier molecular flexibility index (Phi) is 1.64. The van der Waals surface area contributed by atoms with E-state index in [9.17, 15) is 0 Å². The van der Waals surface area contributed by atoms with Crippen molar-refractivity contribution >= 4 is 18.1 Å². The molecule has 0 N–H and O–H groups in total. The van der Waals surface area contributed by atoms with Crippen LogP contribution in [0.1, 0.15) is 13.8 Å². The Morgan fingerprint density at radius 1 is 1.17 bits per heavy atom. The summed E-state index contributed by atoms with van der Waals surface area (Å²) in [7, 11) is 0. The summed E-state index contributed by atoms with van der Waals surface area (Å²) < 4.78 is 0. The van der Waals surface area contributed by atoms with E-state index in [1.807, 2.05) is 13.8 Å². The number of fused-ring (bicyclic) bond motifs is 1. The molecular formula is C9H11N3. The summed E-state index contributed by atoms with van der Waals surface area (Å²) in [4.78, 5) is 13.0. The van der Waals surface area contributed by atoms with Crippen molar-refractivity contribution in [3.8, 4) is 0 Å². The molecule has 0 saturated carbocycles. The highest BCUT2D eigenvalue weighted by molar-refractivity contribution is 6.17. The third-order valence-corrected chi connectivity index (χ3v) is 2.09. The van der Waals surface area contributed by atoms with E-state index in [0.29, 0.717) is 0 Å². The number of nitrogens with zero attached hydrogens (tertiary/aromatic N) is 3. The summed E-state index contributed by atoms with van der Waals surface area (Å²) in [6.07, 6.45) is 5.56. The molecule has 2 aliphatic heterocycles. The maximum atomic E-state index is 4.36. The minimum absolute atomic E-state index is 0.152. The number of hydrogen-bond acceptors (Lipinski definition) is 3. The Morgan fingerprint density at radius 3 is 2.75 bits per heavy atom. The largest absolute Gasteiger partial charge is 0.281 e. The van der Waals surface area contributed by atoms with E-state index in [4.69, 9.17) is 0 Å². The molecule has 0 fully saturated rings. The van der Waals surface area contributed by atoms with Crippen molar-refractivity contribution < 1.29 is 0 Å². The fraction of sp³-hybridized carbons (Fsp3) is 0.444. The fourth-order valence-corrected chi connectivity index (χ4v) is 1.56. The van der Waals surface area contributed by atoms with Crippen LogP contribution in [0.4, 0.5) is 0 Å². The molecule has 0 aliphatic carbocycles. The number of rotatable bonds is 0. The molecule has 2 unspecified atom stereocenters. The van der Waals surface area contributed by atoms with E-state index in [-0.39, 0.29) is 12.1 Å². The first-order valence-corrected chi connectivity index (χ1v) is 4.06. The van der Waals surface area contributed by atoms with Crippen LogP contribution in [-0.4, -0.2) is 30.2 Å². The molecule has 2 atom stereocenters. The van der Waals surface area contributed by atoms with Gasteiger partial charge in [0.15, 0.2) is 0 Å². The van der Waals surface area contributed by atoms with Crippen molar-refractivity contribution in [2.45, 2.75) is 25.9 Å². The van der Waals surface area contributed by atoms with Gasteiger partial charge in [0.25, 0.3) is 0 Å². The van der Waals surface area contributed by atoms with Crippen LogP contribution >= 0.6 is 0 Å². The number of hydrogen-bond donors (Lipinski definition) is 0. The topological polar surface area (TPSA) is 37.1 Å². The molecule has 0 aromatic rings. The lowest BCUT2D eigenvalue weighted by Crippen LogP contribution is -2.33. The van der Waals surface area contributed by atoms with Gasteiger partial charge in [0.1, 0.15) is 6.04 Å². The molecular weight excluding hydrogens is 150 g/mol. The Balaban J connectivity index is 2.36. The highest BCUT2D eigenvalue weighted by Crippen LogP contribution is 2.18. The van der Waals surface area contributed by atoms with Crippen LogP contribution in [0.2, 0.25) is 0 Å². The average Bonchev–Trinajstić information content (AvgIpc) is 2.04. The van der Waals surface area contributed by atoms with Gasteiger partial charge in [-0.15, -0.1) is 0 Å². The van der Waals surface area contributed by atoms with Gasteiger partial charge < -0.3 is 0 Å². The molecule has 0 bridgehead atoms. The highest BCUT2D eigenvalue weighted by atomic mass is 15.0. The molecule has 0 amide bonds. The van der Waals surface area contributed by atoms with Crippen molar-refractivity contribution in [3.05, 3.63) is 11.8 Å². The van der Waals surface area contributed by atoms with Gasteiger partial charge in [-0.3, -0.25) is 15.0 Å². The zero-order valence-corrected chi connectivity index (χ0v) is 7.23. The van der Waals surface area contributed by atoms with Crippen molar-refractivity contribution in [2.24, 2.45) is 15.0 Å². The zero-order chi connectivity index (χ0) is 8.55. The summed E-state index contributed by atoms with van der Waals surface area (Å²) >= 11 is 0. The van der Waals surface area contributed by atoms with E-state index >= 15 is 0 Å². The number of aliphatic imine (C=N–C) groups is 3. The molecule has 3 heteroatoms. The lowest BCUT2D eigenvalue weighted by atomic mass is 10.0. The second kappa shape index (κ2) is 2.66. The van der Waals surface area contributed by atoms with E-state index in [1.54, 1.807) is 12.4 Å². The predicted octanol–water partition coefficient (Wildman–Crippen LogP) is 1.26. The summed E-state index contributed by atoms with van der Waals surface area (Å²) in [6, 6.07) is 0.339. The second-order valence-electron chi connectivity index (χ2n) is 3.09. The van der Waals surface area contributed by atoms with Gasteiger partial charge >= 0.3 is 0 Å². The molecule has 2 aliphatic rings. The summed E-state index contributed by atoms with van der Waals surface area (Å²) in [6.45, 7) is 4.00. The van der Waals surface area contributed by atoms with Crippen LogP contribution in [-0.2, 0) is 0 Å². The normalized spacial score (nSPS) is 32.5. The molecule has 12 heavy (non-hydrogen) atoms. The Bertz CT molecular complexity index is 310. The zero-order valence-electron chi connectivity index (χ0n) is 7.23. The highest BCUT2D eigenvalue weighted by Gasteiger charge is 2.24. The molecule has 62 valence electrons. The van der Waals surface area contributed by atoms with Gasteiger partial charge in [0.05, 0.1) is 6.04 Å². The van der Waals surface area contributed by atoms with E-state index in [0.717, 1.165) is 11.4 Å². The Morgan fingerprint density at radius 2 is 1.92 bits per heavy atom. The molecule has 0 saturated heterocycles. The average molecular weight is 161 g/mol. The number of allylic oxidation sites excluding steroid dienone is 1. The minimum Gasteiger partial charge on any atom is -0.281 e. The smallest absolute Gasteiger partial charge is 0.114 e. The molecule has 0 aromatic heterocycles. The van der Waals surface area contributed by atoms with Crippen LogP contribution in [0, 0.1) is 0 Å². The molecule has 3 nitrogen and oxygen atoms in total. The van der Waals surface area contributed by atoms with Gasteiger partial charge in [0.2, 0.25) is 0 Å². The third kappa shape index (κ3) is 1.11. The van der Waals surface area contributed by atoms with Crippen molar-refractivity contribution in [1.82, 2.24) is 0 Å². The lowest BCUT2D eigenvalue weighted by Gasteiger charge is -2.23. The van der Waals surface area contributed by atoms with Crippen molar-refractivity contribution in [3.63, 3.8) is 0 Å². The molecule has 2 heterocycles. The summed E-state index contributed by atoms with van der Waals surface area (Å²) in [5, 5.41) is 0. The SMILES string of the molecule is CC1=CC2N=CC=NC2C(C)=N1. The van der Waals surface area contributed by atoms with Gasteiger partial charge in [0, 0.05) is 23.8 Å². The van der Waals surface area contributed by atoms with Crippen molar-refractivity contribution in [1.29, 1.82) is 0 Å². The van der Waals surface area contributed by atoms with Crippen LogP contribution in [0.3, 0.4) is 0 Å². The molecule has 2 rings (SSSR count). The maximum absolute atomic E-state index is 4.36. The standard InChI is InChI=1S/C9H11N3/c1-6-5-8-9(7(2)12-6)11-4-3-10-8/h3-5,8-9H,1-2H3. The van der Waals surface area contributed by atoms with Gasteiger partial charge in [-0.25, -0.2) is 0 Å². The van der Waals surface area contributed by atoms with Crippen LogP contribution in [0.25, 0.3) is 0 Å². The van der Waals surface area contributed by atoms with Gasteiger partial charge in [-0.05, 0) is 19.9 Å². The van der Waals surface area contributed by atoms with E-state index < -0.39 is 0 Å². The van der Waals surface area contributed by atoms with E-state index in [1.165, 1.54) is 0 Å². The predicted molar refractivity (Wildman–Crippen MR) is 51.4 cm³/mol. The molecule has 0 radical (unpaired) electrons. The Labute approximate surface area is 71.6 Å². The molecule has 0 spiro atoms. The Hall–Kier alpha value is -1.25. The van der Waals surface area contributed by atoms with Gasteiger partial charge in [-0.1, -0.05) is 0 Å². The van der Waals surface area contributed by atoms with Crippen molar-refractivity contribution in [2.75, 3.05) is 0 Å². The lowest BCUT2D eigenvalue weighted by molar-refractivity contribution is 0.717. The minimum atomic E-state index is 0.152. The monoisotopic (exact) mass is 161 g/mol. The second-order valence-corrected chi connectivity index (χ2v) is 3.09. The quantitative estimate of drug-likeness (QED) is 0.513. The third-order valence-electron chi connectivity index (χ3n) is 2.09. The van der Waals surface area contributed by atoms with Crippen LogP contribution in [0.15, 0.2) is 26.8 Å². The van der Waals surface area contributed by atoms with E-state index in [2.05, 4.69) is 21.1 Å². The summed E-state index contributed by atoms with van der Waals surface area (Å²) in [5.74, 6) is 0. The van der Waals surface area contributed by atoms with Crippen LogP contribution in [0.5, 0.6) is 0 Å². The first-order valence-electron chi connectivity index (χ1n) is 4.06.